The van der Waals surface area contributed by atoms with Gasteiger partial charge in [-0.3, -0.25) is 0 Å². The largest absolute Gasteiger partial charge is 0.454 e. The molecule has 0 radical (unpaired) electrons. The minimum Gasteiger partial charge on any atom is -0.454 e. The number of ether oxygens (including phenoxy) is 1. The fourth-order valence-corrected chi connectivity index (χ4v) is 4.25. The standard InChI is InChI=1S/C26H21F5N4O2/c27-19-8-7-17(15-20(19)28)32-25(36)35-11-3-10-34(12-13-35)24-18-4-1-2-5-22(18)37-23-14-16(26(29,30)31)6-9-21(23)33-24/h1-2,4-9,14-15H,3,10-13H2,(H,32,36). The van der Waals surface area contributed by atoms with Crippen molar-refractivity contribution in [2.75, 3.05) is 31.5 Å². The summed E-state index contributed by atoms with van der Waals surface area (Å²) in [4.78, 5) is 21.0. The van der Waals surface area contributed by atoms with Gasteiger partial charge in [-0.1, -0.05) is 12.1 Å². The van der Waals surface area contributed by atoms with Crippen LogP contribution in [0, 0.1) is 11.6 Å². The van der Waals surface area contributed by atoms with E-state index in [0.29, 0.717) is 49.7 Å². The summed E-state index contributed by atoms with van der Waals surface area (Å²) < 4.78 is 72.4. The Morgan fingerprint density at radius 3 is 2.49 bits per heavy atom. The first-order valence-electron chi connectivity index (χ1n) is 11.5. The number of aliphatic imine (C=N–C) groups is 1. The molecule has 0 unspecified atom stereocenters. The Balaban J connectivity index is 1.39. The Kier molecular flexibility index (Phi) is 6.45. The average Bonchev–Trinajstić information content (AvgIpc) is 3.20. The fraction of sp³-hybridized carbons (Fsp3) is 0.231. The second-order valence-electron chi connectivity index (χ2n) is 8.60. The highest BCUT2D eigenvalue weighted by molar-refractivity contribution is 6.03. The highest BCUT2D eigenvalue weighted by Crippen LogP contribution is 2.41. The van der Waals surface area contributed by atoms with E-state index in [4.69, 9.17) is 4.74 Å². The number of amides is 2. The number of hydrogen-bond acceptors (Lipinski definition) is 4. The summed E-state index contributed by atoms with van der Waals surface area (Å²) >= 11 is 0. The van der Waals surface area contributed by atoms with Crippen LogP contribution < -0.4 is 10.1 Å². The molecule has 37 heavy (non-hydrogen) atoms. The summed E-state index contributed by atoms with van der Waals surface area (Å²) in [7, 11) is 0. The third-order valence-corrected chi connectivity index (χ3v) is 6.11. The fourth-order valence-electron chi connectivity index (χ4n) is 4.25. The summed E-state index contributed by atoms with van der Waals surface area (Å²) in [5.74, 6) is -1.17. The summed E-state index contributed by atoms with van der Waals surface area (Å²) in [6, 6.07) is 12.8. The van der Waals surface area contributed by atoms with Crippen LogP contribution in [0.4, 0.5) is 38.1 Å². The zero-order valence-electron chi connectivity index (χ0n) is 19.4. The van der Waals surface area contributed by atoms with Crippen LogP contribution in [0.25, 0.3) is 0 Å². The lowest BCUT2D eigenvalue weighted by atomic mass is 10.1. The molecule has 2 amide bonds. The van der Waals surface area contributed by atoms with Gasteiger partial charge in [-0.15, -0.1) is 0 Å². The van der Waals surface area contributed by atoms with E-state index < -0.39 is 29.4 Å². The van der Waals surface area contributed by atoms with Gasteiger partial charge < -0.3 is 19.9 Å². The number of urea groups is 1. The Hall–Kier alpha value is -4.15. The topological polar surface area (TPSA) is 57.2 Å². The molecule has 2 aliphatic heterocycles. The van der Waals surface area contributed by atoms with Gasteiger partial charge in [0.2, 0.25) is 0 Å². The van der Waals surface area contributed by atoms with Crippen molar-refractivity contribution in [1.29, 1.82) is 0 Å². The summed E-state index contributed by atoms with van der Waals surface area (Å²) in [5.41, 5.74) is 0.183. The lowest BCUT2D eigenvalue weighted by molar-refractivity contribution is -0.137. The molecule has 0 spiro atoms. The molecule has 3 aromatic carbocycles. The minimum atomic E-state index is -4.52. The number of amidine groups is 1. The molecule has 0 aliphatic carbocycles. The maximum Gasteiger partial charge on any atom is 0.416 e. The second-order valence-corrected chi connectivity index (χ2v) is 8.60. The Morgan fingerprint density at radius 1 is 0.892 bits per heavy atom. The van der Waals surface area contributed by atoms with Crippen LogP contribution in [0.3, 0.4) is 0 Å². The number of hydrogen-bond donors (Lipinski definition) is 1. The van der Waals surface area contributed by atoms with Gasteiger partial charge in [0.15, 0.2) is 17.4 Å². The highest BCUT2D eigenvalue weighted by atomic mass is 19.4. The minimum absolute atomic E-state index is 0.000341. The van der Waals surface area contributed by atoms with E-state index >= 15 is 0 Å². The zero-order valence-corrected chi connectivity index (χ0v) is 19.4. The molecule has 2 heterocycles. The second kappa shape index (κ2) is 9.72. The van der Waals surface area contributed by atoms with Crippen molar-refractivity contribution < 1.29 is 31.5 Å². The number of nitrogens with zero attached hydrogens (tertiary/aromatic N) is 3. The molecule has 6 nitrogen and oxygen atoms in total. The molecule has 0 atom stereocenters. The van der Waals surface area contributed by atoms with Crippen molar-refractivity contribution in [3.05, 3.63) is 83.4 Å². The number of carbonyl (C=O) groups is 1. The van der Waals surface area contributed by atoms with Crippen LogP contribution in [0.5, 0.6) is 11.5 Å². The summed E-state index contributed by atoms with van der Waals surface area (Å²) in [5, 5.41) is 2.58. The monoisotopic (exact) mass is 516 g/mol. The van der Waals surface area contributed by atoms with E-state index in [1.807, 2.05) is 4.90 Å². The molecular weight excluding hydrogens is 495 g/mol. The van der Waals surface area contributed by atoms with Crippen molar-refractivity contribution in [2.24, 2.45) is 4.99 Å². The van der Waals surface area contributed by atoms with Crippen LogP contribution >= 0.6 is 0 Å². The average molecular weight is 516 g/mol. The van der Waals surface area contributed by atoms with E-state index in [1.54, 1.807) is 29.2 Å². The van der Waals surface area contributed by atoms with Gasteiger partial charge in [-0.05, 0) is 48.9 Å². The molecule has 11 heteroatoms. The molecule has 5 rings (SSSR count). The lowest BCUT2D eigenvalue weighted by Crippen LogP contribution is -2.39. The highest BCUT2D eigenvalue weighted by Gasteiger charge is 2.33. The summed E-state index contributed by atoms with van der Waals surface area (Å²) in [6.07, 6.45) is -3.95. The molecule has 0 aromatic heterocycles. The normalized spacial score (nSPS) is 15.5. The first-order valence-corrected chi connectivity index (χ1v) is 11.5. The number of para-hydroxylation sites is 1. The smallest absolute Gasteiger partial charge is 0.416 e. The van der Waals surface area contributed by atoms with Crippen LogP contribution in [0.2, 0.25) is 0 Å². The molecule has 1 fully saturated rings. The Morgan fingerprint density at radius 2 is 1.70 bits per heavy atom. The number of alkyl halides is 3. The van der Waals surface area contributed by atoms with Crippen molar-refractivity contribution in [2.45, 2.75) is 12.6 Å². The molecule has 0 bridgehead atoms. The van der Waals surface area contributed by atoms with E-state index in [-0.39, 0.29) is 17.1 Å². The van der Waals surface area contributed by atoms with Gasteiger partial charge in [0.25, 0.3) is 0 Å². The van der Waals surface area contributed by atoms with E-state index in [1.165, 1.54) is 12.1 Å². The van der Waals surface area contributed by atoms with Gasteiger partial charge in [0, 0.05) is 37.9 Å². The van der Waals surface area contributed by atoms with Gasteiger partial charge >= 0.3 is 12.2 Å². The van der Waals surface area contributed by atoms with Crippen LogP contribution in [0.1, 0.15) is 17.5 Å². The Labute approximate surface area is 209 Å². The van der Waals surface area contributed by atoms with Crippen molar-refractivity contribution >= 4 is 23.2 Å². The molecule has 192 valence electrons. The maximum absolute atomic E-state index is 13.5. The Bertz CT molecular complexity index is 1380. The molecular formula is C26H21F5N4O2. The number of benzene rings is 3. The molecule has 3 aromatic rings. The van der Waals surface area contributed by atoms with Crippen molar-refractivity contribution in [3.8, 4) is 11.5 Å². The molecule has 1 saturated heterocycles. The maximum atomic E-state index is 13.5. The third kappa shape index (κ3) is 5.20. The van der Waals surface area contributed by atoms with Crippen LogP contribution in [0.15, 0.2) is 65.7 Å². The first-order chi connectivity index (χ1) is 17.7. The van der Waals surface area contributed by atoms with E-state index in [2.05, 4.69) is 10.3 Å². The first kappa shape index (κ1) is 24.5. The number of halogens is 5. The van der Waals surface area contributed by atoms with E-state index in [0.717, 1.165) is 24.3 Å². The molecule has 2 aliphatic rings. The van der Waals surface area contributed by atoms with Crippen LogP contribution in [-0.4, -0.2) is 47.8 Å². The number of carbonyl (C=O) groups excluding carboxylic acids is 1. The molecule has 0 saturated carbocycles. The van der Waals surface area contributed by atoms with Gasteiger partial charge in [-0.25, -0.2) is 18.6 Å². The van der Waals surface area contributed by atoms with E-state index in [9.17, 15) is 26.7 Å². The SMILES string of the molecule is O=C(Nc1ccc(F)c(F)c1)N1CCCN(C2=Nc3ccc(C(F)(F)F)cc3Oc3ccccc32)CC1. The zero-order chi connectivity index (χ0) is 26.2. The van der Waals surface area contributed by atoms with Gasteiger partial charge in [0.1, 0.15) is 17.3 Å². The van der Waals surface area contributed by atoms with Crippen molar-refractivity contribution in [1.82, 2.24) is 9.80 Å². The number of rotatable bonds is 1. The summed E-state index contributed by atoms with van der Waals surface area (Å²) in [6.45, 7) is 1.62. The lowest BCUT2D eigenvalue weighted by Gasteiger charge is -2.25. The quantitative estimate of drug-likeness (QED) is 0.381. The third-order valence-electron chi connectivity index (χ3n) is 6.11. The number of anilines is 1. The van der Waals surface area contributed by atoms with Crippen molar-refractivity contribution in [3.63, 3.8) is 0 Å². The van der Waals surface area contributed by atoms with Crippen LogP contribution in [-0.2, 0) is 6.18 Å². The predicted molar refractivity (Wildman–Crippen MR) is 127 cm³/mol. The predicted octanol–water partition coefficient (Wildman–Crippen LogP) is 6.41. The van der Waals surface area contributed by atoms with Gasteiger partial charge in [-0.2, -0.15) is 13.2 Å². The number of fused-ring (bicyclic) bond motifs is 2. The molecule has 1 N–H and O–H groups in total. The van der Waals surface area contributed by atoms with Gasteiger partial charge in [0.05, 0.1) is 11.1 Å². The number of nitrogens with one attached hydrogen (secondary N) is 1.